The van der Waals surface area contributed by atoms with Crippen molar-refractivity contribution in [3.05, 3.63) is 86.8 Å². The summed E-state index contributed by atoms with van der Waals surface area (Å²) in [5.41, 5.74) is 7.14. The van der Waals surface area contributed by atoms with E-state index in [0.717, 1.165) is 15.7 Å². The first-order valence-corrected chi connectivity index (χ1v) is 7.43. The Balaban J connectivity index is 1.77. The lowest BCUT2D eigenvalue weighted by Crippen LogP contribution is -2.35. The fourth-order valence-electron chi connectivity index (χ4n) is 2.33. The summed E-state index contributed by atoms with van der Waals surface area (Å²) >= 11 is 0. The molecule has 4 N–H and O–H groups in total. The number of nitrogen functional groups attached to an aromatic ring is 1. The minimum Gasteiger partial charge on any atom is -0.397 e. The van der Waals surface area contributed by atoms with Crippen LogP contribution < -0.4 is 22.3 Å². The van der Waals surface area contributed by atoms with Crippen LogP contribution >= 0.6 is 0 Å². The third-order valence-corrected chi connectivity index (χ3v) is 3.50. The van der Waals surface area contributed by atoms with Crippen LogP contribution in [0.3, 0.4) is 0 Å². The summed E-state index contributed by atoms with van der Waals surface area (Å²) in [6.07, 6.45) is 3.22. The van der Waals surface area contributed by atoms with E-state index < -0.39 is 5.69 Å². The van der Waals surface area contributed by atoms with Crippen molar-refractivity contribution in [1.82, 2.24) is 14.5 Å². The SMILES string of the molecule is Nc1cncc(CNc2cc(=O)n(Cc3ccccc3)c(=O)[nH]2)c1. The molecule has 0 fully saturated rings. The highest BCUT2D eigenvalue weighted by atomic mass is 16.2. The van der Waals surface area contributed by atoms with E-state index in [4.69, 9.17) is 5.73 Å². The van der Waals surface area contributed by atoms with Gasteiger partial charge in [0.2, 0.25) is 0 Å². The topological polar surface area (TPSA) is 106 Å². The standard InChI is InChI=1S/C17H17N5O2/c18-14-6-13(8-19-10-14)9-20-15-7-16(23)22(17(24)21-15)11-12-4-2-1-3-5-12/h1-8,10,20H,9,11,18H2,(H,21,24). The van der Waals surface area contributed by atoms with Gasteiger partial charge in [-0.05, 0) is 17.2 Å². The molecule has 3 aromatic rings. The van der Waals surface area contributed by atoms with E-state index in [1.807, 2.05) is 30.3 Å². The van der Waals surface area contributed by atoms with Crippen molar-refractivity contribution in [3.63, 3.8) is 0 Å². The van der Waals surface area contributed by atoms with Gasteiger partial charge in [-0.2, -0.15) is 0 Å². The van der Waals surface area contributed by atoms with Crippen LogP contribution in [-0.2, 0) is 13.1 Å². The summed E-state index contributed by atoms with van der Waals surface area (Å²) in [4.78, 5) is 31.0. The lowest BCUT2D eigenvalue weighted by atomic mass is 10.2. The molecule has 0 saturated heterocycles. The summed E-state index contributed by atoms with van der Waals surface area (Å²) in [6, 6.07) is 12.5. The van der Waals surface area contributed by atoms with E-state index in [-0.39, 0.29) is 12.1 Å². The maximum absolute atomic E-state index is 12.2. The normalized spacial score (nSPS) is 10.5. The summed E-state index contributed by atoms with van der Waals surface area (Å²) in [7, 11) is 0. The average Bonchev–Trinajstić information content (AvgIpc) is 2.57. The molecule has 0 aliphatic heterocycles. The quantitative estimate of drug-likeness (QED) is 0.653. The van der Waals surface area contributed by atoms with Gasteiger partial charge in [-0.3, -0.25) is 19.3 Å². The Kier molecular flexibility index (Phi) is 4.42. The van der Waals surface area contributed by atoms with Gasteiger partial charge < -0.3 is 11.1 Å². The van der Waals surface area contributed by atoms with E-state index in [9.17, 15) is 9.59 Å². The number of rotatable bonds is 5. The van der Waals surface area contributed by atoms with Gasteiger partial charge in [-0.25, -0.2) is 4.79 Å². The fourth-order valence-corrected chi connectivity index (χ4v) is 2.33. The van der Waals surface area contributed by atoms with E-state index in [2.05, 4.69) is 15.3 Å². The van der Waals surface area contributed by atoms with Crippen LogP contribution in [0.15, 0.2) is 64.4 Å². The number of H-pyrrole nitrogens is 1. The maximum atomic E-state index is 12.2. The molecule has 2 heterocycles. The molecule has 3 rings (SSSR count). The number of hydrogen-bond acceptors (Lipinski definition) is 5. The number of hydrogen-bond donors (Lipinski definition) is 3. The second-order valence-corrected chi connectivity index (χ2v) is 5.38. The van der Waals surface area contributed by atoms with Gasteiger partial charge in [-0.15, -0.1) is 0 Å². The van der Waals surface area contributed by atoms with Gasteiger partial charge in [0, 0.05) is 25.0 Å². The predicted octanol–water partition coefficient (Wildman–Crippen LogP) is 1.17. The lowest BCUT2D eigenvalue weighted by molar-refractivity contribution is 0.700. The van der Waals surface area contributed by atoms with Gasteiger partial charge in [-0.1, -0.05) is 30.3 Å². The zero-order chi connectivity index (χ0) is 16.9. The molecule has 1 aromatic carbocycles. The number of nitrogens with one attached hydrogen (secondary N) is 2. The first-order valence-electron chi connectivity index (χ1n) is 7.43. The van der Waals surface area contributed by atoms with Crippen LogP contribution in [0, 0.1) is 0 Å². The van der Waals surface area contributed by atoms with Crippen LogP contribution in [0.4, 0.5) is 11.5 Å². The van der Waals surface area contributed by atoms with Crippen LogP contribution in [-0.4, -0.2) is 14.5 Å². The molecule has 122 valence electrons. The molecule has 0 atom stereocenters. The molecule has 0 spiro atoms. The Morgan fingerprint density at radius 2 is 1.88 bits per heavy atom. The number of benzene rings is 1. The molecule has 2 aromatic heterocycles. The Hall–Kier alpha value is -3.35. The van der Waals surface area contributed by atoms with Crippen LogP contribution in [0.5, 0.6) is 0 Å². The van der Waals surface area contributed by atoms with Gasteiger partial charge in [0.25, 0.3) is 5.56 Å². The Morgan fingerprint density at radius 3 is 2.58 bits per heavy atom. The van der Waals surface area contributed by atoms with Crippen molar-refractivity contribution in [3.8, 4) is 0 Å². The van der Waals surface area contributed by atoms with Crippen LogP contribution in [0.25, 0.3) is 0 Å². The molecule has 0 aliphatic carbocycles. The number of nitrogens with zero attached hydrogens (tertiary/aromatic N) is 2. The smallest absolute Gasteiger partial charge is 0.330 e. The molecule has 24 heavy (non-hydrogen) atoms. The van der Waals surface area contributed by atoms with Crippen molar-refractivity contribution in [1.29, 1.82) is 0 Å². The van der Waals surface area contributed by atoms with E-state index in [1.165, 1.54) is 6.07 Å². The van der Waals surface area contributed by atoms with Crippen LogP contribution in [0.1, 0.15) is 11.1 Å². The second kappa shape index (κ2) is 6.82. The van der Waals surface area contributed by atoms with Crippen molar-refractivity contribution >= 4 is 11.5 Å². The molecule has 0 bridgehead atoms. The third-order valence-electron chi connectivity index (χ3n) is 3.50. The summed E-state index contributed by atoms with van der Waals surface area (Å²) in [6.45, 7) is 0.630. The Morgan fingerprint density at radius 1 is 1.08 bits per heavy atom. The Labute approximate surface area is 137 Å². The Bertz CT molecular complexity index is 916. The van der Waals surface area contributed by atoms with E-state index in [0.29, 0.717) is 18.1 Å². The van der Waals surface area contributed by atoms with E-state index in [1.54, 1.807) is 18.5 Å². The minimum atomic E-state index is -0.459. The molecule has 0 aliphatic rings. The lowest BCUT2D eigenvalue weighted by Gasteiger charge is -2.09. The second-order valence-electron chi connectivity index (χ2n) is 5.38. The zero-order valence-corrected chi connectivity index (χ0v) is 12.9. The maximum Gasteiger partial charge on any atom is 0.330 e. The molecule has 7 heteroatoms. The molecule has 0 radical (unpaired) electrons. The fraction of sp³-hybridized carbons (Fsp3) is 0.118. The molecule has 0 saturated carbocycles. The molecular formula is C17H17N5O2. The van der Waals surface area contributed by atoms with Gasteiger partial charge in [0.05, 0.1) is 12.2 Å². The molecule has 0 amide bonds. The van der Waals surface area contributed by atoms with Crippen LogP contribution in [0.2, 0.25) is 0 Å². The monoisotopic (exact) mass is 323 g/mol. The highest BCUT2D eigenvalue weighted by Crippen LogP contribution is 2.06. The third kappa shape index (κ3) is 3.70. The first-order chi connectivity index (χ1) is 11.6. The minimum absolute atomic E-state index is 0.231. The highest BCUT2D eigenvalue weighted by Gasteiger charge is 2.05. The molecule has 0 unspecified atom stereocenters. The van der Waals surface area contributed by atoms with Gasteiger partial charge in [0.15, 0.2) is 0 Å². The number of anilines is 2. The van der Waals surface area contributed by atoms with E-state index >= 15 is 0 Å². The van der Waals surface area contributed by atoms with Gasteiger partial charge in [0.1, 0.15) is 5.82 Å². The van der Waals surface area contributed by atoms with Crippen molar-refractivity contribution in [2.75, 3.05) is 11.1 Å². The average molecular weight is 323 g/mol. The number of aromatic nitrogens is 3. The highest BCUT2D eigenvalue weighted by molar-refractivity contribution is 5.39. The summed E-state index contributed by atoms with van der Waals surface area (Å²) in [5, 5.41) is 3.00. The molecule has 7 nitrogen and oxygen atoms in total. The van der Waals surface area contributed by atoms with Crippen molar-refractivity contribution in [2.24, 2.45) is 0 Å². The summed E-state index contributed by atoms with van der Waals surface area (Å²) < 4.78 is 1.16. The van der Waals surface area contributed by atoms with Crippen molar-refractivity contribution < 1.29 is 0 Å². The van der Waals surface area contributed by atoms with Gasteiger partial charge >= 0.3 is 5.69 Å². The van der Waals surface area contributed by atoms with Crippen molar-refractivity contribution in [2.45, 2.75) is 13.1 Å². The summed E-state index contributed by atoms with van der Waals surface area (Å²) in [5.74, 6) is 0.358. The zero-order valence-electron chi connectivity index (χ0n) is 12.9. The number of nitrogens with two attached hydrogens (primary N) is 1. The number of aromatic amines is 1. The molecular weight excluding hydrogens is 306 g/mol. The first kappa shape index (κ1) is 15.5. The largest absolute Gasteiger partial charge is 0.397 e. The number of pyridine rings is 1. The predicted molar refractivity (Wildman–Crippen MR) is 92.8 cm³/mol.